The van der Waals surface area contributed by atoms with Crippen molar-refractivity contribution in [1.82, 2.24) is 0 Å². The van der Waals surface area contributed by atoms with Gasteiger partial charge in [0.25, 0.3) is 0 Å². The van der Waals surface area contributed by atoms with Crippen LogP contribution in [0, 0.1) is 0 Å². The van der Waals surface area contributed by atoms with E-state index in [0.717, 1.165) is 24.9 Å². The Morgan fingerprint density at radius 1 is 1.20 bits per heavy atom. The first-order valence-electron chi connectivity index (χ1n) is 7.59. The third kappa shape index (κ3) is 3.45. The van der Waals surface area contributed by atoms with E-state index in [-0.39, 0.29) is 24.6 Å². The van der Waals surface area contributed by atoms with E-state index in [1.165, 1.54) is 6.42 Å². The maximum Gasteiger partial charge on any atom is 0.492 e. The summed E-state index contributed by atoms with van der Waals surface area (Å²) in [6.45, 7) is 11.5. The van der Waals surface area contributed by atoms with Crippen molar-refractivity contribution in [2.45, 2.75) is 71.4 Å². The van der Waals surface area contributed by atoms with Gasteiger partial charge < -0.3 is 18.8 Å². The molecule has 2 fully saturated rings. The second-order valence-corrected chi connectivity index (χ2v) is 6.56. The van der Waals surface area contributed by atoms with Crippen molar-refractivity contribution in [1.29, 1.82) is 0 Å². The van der Waals surface area contributed by atoms with Crippen LogP contribution in [0.1, 0.15) is 53.9 Å². The molecule has 0 aromatic heterocycles. The minimum absolute atomic E-state index is 0.0823. The van der Waals surface area contributed by atoms with Gasteiger partial charge in [0.2, 0.25) is 0 Å². The molecule has 2 rings (SSSR count). The van der Waals surface area contributed by atoms with Crippen LogP contribution in [0.3, 0.4) is 0 Å². The van der Waals surface area contributed by atoms with E-state index in [2.05, 4.69) is 27.7 Å². The minimum Gasteiger partial charge on any atom is -0.400 e. The highest BCUT2D eigenvalue weighted by atomic mass is 16.7. The van der Waals surface area contributed by atoms with Crippen molar-refractivity contribution in [2.75, 3.05) is 13.2 Å². The summed E-state index contributed by atoms with van der Waals surface area (Å²) in [5.41, 5.74) is 0.401. The fourth-order valence-electron chi connectivity index (χ4n) is 2.31. The second kappa shape index (κ2) is 6.18. The Labute approximate surface area is 122 Å². The van der Waals surface area contributed by atoms with Crippen LogP contribution in [0.4, 0.5) is 0 Å². The summed E-state index contributed by atoms with van der Waals surface area (Å²) in [5, 5.41) is 0. The smallest absolute Gasteiger partial charge is 0.400 e. The van der Waals surface area contributed by atoms with E-state index in [4.69, 9.17) is 18.8 Å². The van der Waals surface area contributed by atoms with E-state index in [9.17, 15) is 0 Å². The normalized spacial score (nSPS) is 29.8. The van der Waals surface area contributed by atoms with E-state index < -0.39 is 0 Å². The van der Waals surface area contributed by atoms with Gasteiger partial charge in [0, 0.05) is 6.61 Å². The third-order valence-corrected chi connectivity index (χ3v) is 4.50. The second-order valence-electron chi connectivity index (χ2n) is 6.56. The minimum atomic E-state index is -0.325. The van der Waals surface area contributed by atoms with Crippen LogP contribution in [0.5, 0.6) is 0 Å². The third-order valence-electron chi connectivity index (χ3n) is 4.50. The quantitative estimate of drug-likeness (QED) is 0.742. The number of ether oxygens (including phenoxy) is 2. The molecule has 20 heavy (non-hydrogen) atoms. The van der Waals surface area contributed by atoms with Gasteiger partial charge in [-0.05, 0) is 59.4 Å². The highest BCUT2D eigenvalue weighted by Crippen LogP contribution is 2.38. The van der Waals surface area contributed by atoms with E-state index in [1.54, 1.807) is 0 Å². The molecule has 0 aromatic rings. The molecule has 2 saturated heterocycles. The zero-order chi connectivity index (χ0) is 14.8. The first-order valence-corrected chi connectivity index (χ1v) is 7.59. The van der Waals surface area contributed by atoms with Gasteiger partial charge in [0.1, 0.15) is 0 Å². The zero-order valence-electron chi connectivity index (χ0n) is 13.4. The molecule has 0 N–H and O–H groups in total. The molecule has 0 bridgehead atoms. The van der Waals surface area contributed by atoms with Crippen molar-refractivity contribution >= 4 is 7.12 Å². The number of hydrogen-bond donors (Lipinski definition) is 0. The first kappa shape index (κ1) is 16.0. The molecule has 5 heteroatoms. The van der Waals surface area contributed by atoms with Crippen molar-refractivity contribution in [3.05, 3.63) is 11.5 Å². The van der Waals surface area contributed by atoms with Gasteiger partial charge in [-0.15, -0.1) is 0 Å². The molecule has 114 valence electrons. The van der Waals surface area contributed by atoms with Crippen LogP contribution >= 0.6 is 0 Å². The summed E-state index contributed by atoms with van der Waals surface area (Å²) in [6.07, 6.45) is 5.21. The Kier molecular flexibility index (Phi) is 4.95. The van der Waals surface area contributed by atoms with Crippen molar-refractivity contribution in [3.63, 3.8) is 0 Å². The molecule has 0 aromatic carbocycles. The summed E-state index contributed by atoms with van der Waals surface area (Å²) in [7, 11) is -0.325. The van der Waals surface area contributed by atoms with Gasteiger partial charge >= 0.3 is 7.12 Å². The molecule has 1 unspecified atom stereocenters. The molecule has 2 aliphatic heterocycles. The summed E-state index contributed by atoms with van der Waals surface area (Å²) < 4.78 is 23.5. The summed E-state index contributed by atoms with van der Waals surface area (Å²) in [5.74, 6) is 0. The zero-order valence-corrected chi connectivity index (χ0v) is 13.4. The van der Waals surface area contributed by atoms with E-state index in [0.29, 0.717) is 6.61 Å². The molecule has 0 spiro atoms. The predicted octanol–water partition coefficient (Wildman–Crippen LogP) is 3.11. The van der Waals surface area contributed by atoms with Crippen LogP contribution in [0.2, 0.25) is 0 Å². The van der Waals surface area contributed by atoms with Crippen LogP contribution in [-0.2, 0) is 18.8 Å². The lowest BCUT2D eigenvalue weighted by Crippen LogP contribution is -2.41. The Morgan fingerprint density at radius 3 is 2.35 bits per heavy atom. The lowest BCUT2D eigenvalue weighted by molar-refractivity contribution is -0.156. The van der Waals surface area contributed by atoms with Gasteiger partial charge in [-0.25, -0.2) is 0 Å². The molecule has 0 saturated carbocycles. The van der Waals surface area contributed by atoms with Crippen LogP contribution in [0.25, 0.3) is 0 Å². The maximum atomic E-state index is 6.05. The average molecular weight is 282 g/mol. The molecule has 4 nitrogen and oxygen atoms in total. The lowest BCUT2D eigenvalue weighted by Gasteiger charge is -2.32. The number of rotatable bonds is 4. The average Bonchev–Trinajstić information content (AvgIpc) is 2.60. The fraction of sp³-hybridized carbons (Fsp3) is 0.867. The molecular formula is C15H27BO4. The van der Waals surface area contributed by atoms with Gasteiger partial charge in [-0.3, -0.25) is 0 Å². The summed E-state index contributed by atoms with van der Waals surface area (Å²) in [4.78, 5) is 0. The largest absolute Gasteiger partial charge is 0.492 e. The Morgan fingerprint density at radius 2 is 1.85 bits per heavy atom. The van der Waals surface area contributed by atoms with Gasteiger partial charge in [0.15, 0.2) is 6.29 Å². The molecule has 0 aliphatic carbocycles. The molecular weight excluding hydrogens is 255 g/mol. The van der Waals surface area contributed by atoms with Crippen LogP contribution in [-0.4, -0.2) is 37.8 Å². The fourth-order valence-corrected chi connectivity index (χ4v) is 2.31. The molecule has 2 heterocycles. The number of hydrogen-bond acceptors (Lipinski definition) is 4. The van der Waals surface area contributed by atoms with E-state index >= 15 is 0 Å². The molecule has 0 amide bonds. The number of allylic oxidation sites excluding steroid dienone is 1. The van der Waals surface area contributed by atoms with Gasteiger partial charge in [0.05, 0.1) is 17.8 Å². The van der Waals surface area contributed by atoms with Crippen molar-refractivity contribution in [3.8, 4) is 0 Å². The highest BCUT2D eigenvalue weighted by Gasteiger charge is 2.52. The Hall–Kier alpha value is -0.355. The Bertz CT molecular complexity index is 343. The maximum absolute atomic E-state index is 6.05. The Balaban J connectivity index is 1.90. The molecule has 2 aliphatic rings. The first-order chi connectivity index (χ1) is 9.36. The lowest BCUT2D eigenvalue weighted by atomic mass is 9.78. The molecule has 1 atom stereocenters. The summed E-state index contributed by atoms with van der Waals surface area (Å²) in [6, 6.07) is 0. The monoisotopic (exact) mass is 282 g/mol. The summed E-state index contributed by atoms with van der Waals surface area (Å²) >= 11 is 0. The predicted molar refractivity (Wildman–Crippen MR) is 79.4 cm³/mol. The standard InChI is InChI=1S/C15H27BO4/c1-6-12(11-18-13-9-7-8-10-17-13)16-19-14(2,3)15(4,5)20-16/h6,13H,7-11H2,1-5H3/b12-6+. The van der Waals surface area contributed by atoms with Crippen molar-refractivity contribution < 1.29 is 18.8 Å². The van der Waals surface area contributed by atoms with Crippen molar-refractivity contribution in [2.24, 2.45) is 0 Å². The van der Waals surface area contributed by atoms with Gasteiger partial charge in [-0.2, -0.15) is 0 Å². The topological polar surface area (TPSA) is 36.9 Å². The highest BCUT2D eigenvalue weighted by molar-refractivity contribution is 6.54. The van der Waals surface area contributed by atoms with Crippen LogP contribution < -0.4 is 0 Å². The van der Waals surface area contributed by atoms with Gasteiger partial charge in [-0.1, -0.05) is 6.08 Å². The van der Waals surface area contributed by atoms with E-state index in [1.807, 2.05) is 13.0 Å². The van der Waals surface area contributed by atoms with Crippen LogP contribution in [0.15, 0.2) is 11.5 Å². The molecule has 0 radical (unpaired) electrons. The SMILES string of the molecule is C/C=C(\COC1CCCCO1)B1OC(C)(C)C(C)(C)O1.